The number of phenolic OH excluding ortho intramolecular Hbond substituents is 1. The van der Waals surface area contributed by atoms with Gasteiger partial charge in [-0.1, -0.05) is 38.1 Å². The SMILES string of the molecule is CC(C)CC(=O)Nc1ccc(C(=O)COC(=O)c2cc3ccccc3cc2O)cc1. The molecule has 154 valence electrons. The number of phenols is 1. The van der Waals surface area contributed by atoms with Crippen LogP contribution in [0.2, 0.25) is 0 Å². The van der Waals surface area contributed by atoms with Gasteiger partial charge in [-0.15, -0.1) is 0 Å². The van der Waals surface area contributed by atoms with Gasteiger partial charge in [0.2, 0.25) is 5.91 Å². The molecule has 3 rings (SSSR count). The van der Waals surface area contributed by atoms with E-state index >= 15 is 0 Å². The zero-order valence-corrected chi connectivity index (χ0v) is 16.8. The largest absolute Gasteiger partial charge is 0.507 e. The molecule has 1 amide bonds. The van der Waals surface area contributed by atoms with Crippen molar-refractivity contribution in [1.29, 1.82) is 0 Å². The Hall–Kier alpha value is -3.67. The molecule has 0 radical (unpaired) electrons. The number of hydrogen-bond acceptors (Lipinski definition) is 5. The fourth-order valence-electron chi connectivity index (χ4n) is 3.01. The lowest BCUT2D eigenvalue weighted by atomic mass is 10.1. The van der Waals surface area contributed by atoms with Gasteiger partial charge in [-0.05, 0) is 53.1 Å². The molecule has 0 heterocycles. The van der Waals surface area contributed by atoms with Crippen molar-refractivity contribution < 1.29 is 24.2 Å². The standard InChI is InChI=1S/C24H23NO5/c1-15(2)11-23(28)25-19-9-7-16(8-10-19)22(27)14-30-24(29)20-12-17-5-3-4-6-18(17)13-21(20)26/h3-10,12-13,15,26H,11,14H2,1-2H3,(H,25,28). The van der Waals surface area contributed by atoms with Crippen molar-refractivity contribution in [2.24, 2.45) is 5.92 Å². The van der Waals surface area contributed by atoms with Gasteiger partial charge in [0.15, 0.2) is 12.4 Å². The number of ketones is 1. The van der Waals surface area contributed by atoms with Crippen molar-refractivity contribution in [2.75, 3.05) is 11.9 Å². The first-order valence-corrected chi connectivity index (χ1v) is 9.65. The predicted octanol–water partition coefficient (Wildman–Crippen LogP) is 4.57. The fourth-order valence-corrected chi connectivity index (χ4v) is 3.01. The number of anilines is 1. The van der Waals surface area contributed by atoms with E-state index in [-0.39, 0.29) is 28.9 Å². The summed E-state index contributed by atoms with van der Waals surface area (Å²) in [7, 11) is 0. The lowest BCUT2D eigenvalue weighted by Crippen LogP contribution is -2.15. The number of rotatable bonds is 7. The summed E-state index contributed by atoms with van der Waals surface area (Å²) in [5.74, 6) is -1.20. The Balaban J connectivity index is 1.60. The quantitative estimate of drug-likeness (QED) is 0.444. The molecule has 0 saturated carbocycles. The van der Waals surface area contributed by atoms with Gasteiger partial charge in [0.25, 0.3) is 0 Å². The highest BCUT2D eigenvalue weighted by atomic mass is 16.5. The molecule has 0 unspecified atom stereocenters. The second-order valence-corrected chi connectivity index (χ2v) is 7.44. The highest BCUT2D eigenvalue weighted by Crippen LogP contribution is 2.25. The third-order valence-electron chi connectivity index (χ3n) is 4.50. The third kappa shape index (κ3) is 5.23. The first-order valence-electron chi connectivity index (χ1n) is 9.65. The van der Waals surface area contributed by atoms with Gasteiger partial charge in [-0.25, -0.2) is 4.79 Å². The van der Waals surface area contributed by atoms with E-state index in [1.165, 1.54) is 12.1 Å². The Morgan fingerprint density at radius 3 is 2.23 bits per heavy atom. The highest BCUT2D eigenvalue weighted by molar-refractivity contribution is 6.02. The summed E-state index contributed by atoms with van der Waals surface area (Å²) in [5, 5.41) is 14.4. The first-order chi connectivity index (χ1) is 14.3. The van der Waals surface area contributed by atoms with Gasteiger partial charge in [-0.2, -0.15) is 0 Å². The molecule has 0 aliphatic carbocycles. The molecule has 0 aromatic heterocycles. The molecule has 0 spiro atoms. The summed E-state index contributed by atoms with van der Waals surface area (Å²) in [4.78, 5) is 36.5. The number of carbonyl (C=O) groups excluding carboxylic acids is 3. The number of fused-ring (bicyclic) bond motifs is 1. The Morgan fingerprint density at radius 2 is 1.60 bits per heavy atom. The van der Waals surface area contributed by atoms with Crippen molar-refractivity contribution >= 4 is 34.1 Å². The maximum absolute atomic E-state index is 12.3. The van der Waals surface area contributed by atoms with Crippen molar-refractivity contribution in [3.8, 4) is 5.75 Å². The number of ether oxygens (including phenoxy) is 1. The predicted molar refractivity (Wildman–Crippen MR) is 115 cm³/mol. The van der Waals surface area contributed by atoms with Gasteiger partial charge in [0, 0.05) is 17.7 Å². The minimum Gasteiger partial charge on any atom is -0.507 e. The van der Waals surface area contributed by atoms with E-state index < -0.39 is 12.6 Å². The van der Waals surface area contributed by atoms with Crippen molar-refractivity contribution in [3.05, 3.63) is 71.8 Å². The molecule has 2 N–H and O–H groups in total. The number of aromatic hydroxyl groups is 1. The Kier molecular flexibility index (Phi) is 6.47. The van der Waals surface area contributed by atoms with Gasteiger partial charge in [0.05, 0.1) is 0 Å². The van der Waals surface area contributed by atoms with Crippen LogP contribution in [0.15, 0.2) is 60.7 Å². The van der Waals surface area contributed by atoms with E-state index in [0.717, 1.165) is 10.8 Å². The summed E-state index contributed by atoms with van der Waals surface area (Å²) in [5.41, 5.74) is 0.951. The minimum absolute atomic E-state index is 0.00436. The molecular weight excluding hydrogens is 382 g/mol. The Bertz CT molecular complexity index is 1090. The summed E-state index contributed by atoms with van der Waals surface area (Å²) in [6, 6.07) is 16.7. The number of Topliss-reactive ketones (excluding diaryl/α,β-unsaturated/α-hetero) is 1. The molecule has 6 heteroatoms. The van der Waals surface area contributed by atoms with Crippen molar-refractivity contribution in [2.45, 2.75) is 20.3 Å². The summed E-state index contributed by atoms with van der Waals surface area (Å²) in [6.45, 7) is 3.46. The van der Waals surface area contributed by atoms with Crippen molar-refractivity contribution in [3.63, 3.8) is 0 Å². The average Bonchev–Trinajstić information content (AvgIpc) is 2.71. The normalized spacial score (nSPS) is 10.8. The van der Waals surface area contributed by atoms with E-state index in [4.69, 9.17) is 4.74 Å². The molecule has 0 saturated heterocycles. The van der Waals surface area contributed by atoms with Crippen LogP contribution in [0.4, 0.5) is 5.69 Å². The molecule has 0 fully saturated rings. The molecular formula is C24H23NO5. The minimum atomic E-state index is -0.774. The van der Waals surface area contributed by atoms with Crippen LogP contribution >= 0.6 is 0 Å². The monoisotopic (exact) mass is 405 g/mol. The molecule has 0 bridgehead atoms. The number of nitrogens with one attached hydrogen (secondary N) is 1. The van der Waals surface area contributed by atoms with Crippen LogP contribution < -0.4 is 5.32 Å². The van der Waals surface area contributed by atoms with Crippen LogP contribution in [0.25, 0.3) is 10.8 Å². The zero-order valence-electron chi connectivity index (χ0n) is 16.8. The van der Waals surface area contributed by atoms with Gasteiger partial charge in [-0.3, -0.25) is 9.59 Å². The summed E-state index contributed by atoms with van der Waals surface area (Å²) < 4.78 is 5.09. The highest BCUT2D eigenvalue weighted by Gasteiger charge is 2.16. The number of amides is 1. The van der Waals surface area contributed by atoms with Gasteiger partial charge in [0.1, 0.15) is 11.3 Å². The molecule has 30 heavy (non-hydrogen) atoms. The van der Waals surface area contributed by atoms with Crippen molar-refractivity contribution in [1.82, 2.24) is 0 Å². The van der Waals surface area contributed by atoms with Crippen LogP contribution in [-0.4, -0.2) is 29.4 Å². The molecule has 0 aliphatic heterocycles. The number of esters is 1. The molecule has 0 aliphatic rings. The van der Waals surface area contributed by atoms with Crippen LogP contribution in [0.1, 0.15) is 41.0 Å². The molecule has 6 nitrogen and oxygen atoms in total. The lowest BCUT2D eigenvalue weighted by molar-refractivity contribution is -0.116. The molecule has 3 aromatic rings. The smallest absolute Gasteiger partial charge is 0.342 e. The van der Waals surface area contributed by atoms with Gasteiger partial charge < -0.3 is 15.2 Å². The topological polar surface area (TPSA) is 92.7 Å². The number of hydrogen-bond donors (Lipinski definition) is 2. The Morgan fingerprint density at radius 1 is 0.967 bits per heavy atom. The van der Waals surface area contributed by atoms with Gasteiger partial charge >= 0.3 is 5.97 Å². The third-order valence-corrected chi connectivity index (χ3v) is 4.50. The van der Waals surface area contributed by atoms with Crippen LogP contribution in [0.5, 0.6) is 5.75 Å². The van der Waals surface area contributed by atoms with E-state index in [2.05, 4.69) is 5.32 Å². The molecule has 0 atom stereocenters. The van der Waals surface area contributed by atoms with E-state index in [0.29, 0.717) is 17.7 Å². The maximum Gasteiger partial charge on any atom is 0.342 e. The molecule has 3 aromatic carbocycles. The number of benzene rings is 3. The lowest BCUT2D eigenvalue weighted by Gasteiger charge is -2.09. The maximum atomic E-state index is 12.3. The average molecular weight is 405 g/mol. The van der Waals surface area contributed by atoms with Crippen LogP contribution in [0, 0.1) is 5.92 Å². The second-order valence-electron chi connectivity index (χ2n) is 7.44. The van der Waals surface area contributed by atoms with E-state index in [9.17, 15) is 19.5 Å². The first kappa shape index (κ1) is 21.0. The zero-order chi connectivity index (χ0) is 21.7. The van der Waals surface area contributed by atoms with E-state index in [1.807, 2.05) is 38.1 Å². The van der Waals surface area contributed by atoms with E-state index in [1.54, 1.807) is 24.3 Å². The summed E-state index contributed by atoms with van der Waals surface area (Å²) >= 11 is 0. The van der Waals surface area contributed by atoms with Crippen LogP contribution in [-0.2, 0) is 9.53 Å². The second kappa shape index (κ2) is 9.22. The summed E-state index contributed by atoms with van der Waals surface area (Å²) in [6.07, 6.45) is 0.415. The number of carbonyl (C=O) groups is 3. The fraction of sp³-hybridized carbons (Fsp3) is 0.208. The Labute approximate surface area is 174 Å². The van der Waals surface area contributed by atoms with Crippen LogP contribution in [0.3, 0.4) is 0 Å².